The van der Waals surface area contributed by atoms with E-state index in [4.69, 9.17) is 7.74 Å². The Labute approximate surface area is 99.1 Å². The molecule has 0 bridgehead atoms. The van der Waals surface area contributed by atoms with Gasteiger partial charge in [0.05, 0.1) is 7.17 Å². The molecule has 4 heteroatoms. The van der Waals surface area contributed by atoms with Crippen molar-refractivity contribution in [3.63, 3.8) is 0 Å². The highest BCUT2D eigenvalue weighted by molar-refractivity contribution is 7.24. The van der Waals surface area contributed by atoms with Crippen LogP contribution in [0, 0.1) is 0 Å². The Kier molecular flexibility index (Phi) is 6.16. The fourth-order valence-corrected chi connectivity index (χ4v) is 1.27. The lowest BCUT2D eigenvalue weighted by Crippen LogP contribution is -2.01. The fraction of sp³-hybridized carbons (Fsp3) is 0.0833. The number of fused-ring (bicyclic) bond motifs is 1. The zero-order chi connectivity index (χ0) is 11.6. The molecule has 2 rings (SSSR count). The van der Waals surface area contributed by atoms with Crippen molar-refractivity contribution in [2.24, 2.45) is 0 Å². The average Bonchev–Trinajstić information content (AvgIpc) is 2.37. The van der Waals surface area contributed by atoms with E-state index in [9.17, 15) is 4.79 Å². The lowest BCUT2D eigenvalue weighted by atomic mass is 9.27. The maximum atomic E-state index is 9.46. The second-order valence-corrected chi connectivity index (χ2v) is 3.18. The number of carbonyl (C=O) groups excluding carboxylic acids is 1. The summed E-state index contributed by atoms with van der Waals surface area (Å²) in [5.74, 6) is 0. The first kappa shape index (κ1) is 12.6. The summed E-state index contributed by atoms with van der Waals surface area (Å²) in [5, 5.41) is 2.62. The van der Waals surface area contributed by atoms with Crippen LogP contribution in [0.25, 0.3) is 10.8 Å². The highest BCUT2D eigenvalue weighted by Crippen LogP contribution is 2.11. The predicted molar refractivity (Wildman–Crippen MR) is 72.1 cm³/mol. The SMILES string of the molecule is [B][B][B]CC=O.c1ccc2ccccc2c1. The van der Waals surface area contributed by atoms with Crippen molar-refractivity contribution in [1.29, 1.82) is 0 Å². The highest BCUT2D eigenvalue weighted by Gasteiger charge is 1.85. The Hall–Kier alpha value is -1.44. The number of hydrogen-bond donors (Lipinski definition) is 0. The molecule has 0 saturated carbocycles. The fourth-order valence-electron chi connectivity index (χ4n) is 1.27. The smallest absolute Gasteiger partial charge is 0.111 e. The van der Waals surface area contributed by atoms with E-state index in [1.54, 1.807) is 7.17 Å². The number of rotatable bonds is 3. The van der Waals surface area contributed by atoms with Gasteiger partial charge in [-0.1, -0.05) is 48.5 Å². The largest absolute Gasteiger partial charge is 0.304 e. The molecule has 0 N–H and O–H groups in total. The minimum absolute atomic E-state index is 0.427. The normalized spacial score (nSPS) is 8.75. The summed E-state index contributed by atoms with van der Waals surface area (Å²) in [5.41, 5.74) is 0. The summed E-state index contributed by atoms with van der Waals surface area (Å²) in [7, 11) is 7.82. The summed E-state index contributed by atoms with van der Waals surface area (Å²) in [6, 6.07) is 16.7. The Morgan fingerprint density at radius 3 is 1.69 bits per heavy atom. The molecule has 0 amide bonds. The molecule has 0 aliphatic rings. The van der Waals surface area contributed by atoms with Crippen LogP contribution in [0.15, 0.2) is 48.5 Å². The van der Waals surface area contributed by atoms with Gasteiger partial charge in [0, 0.05) is 14.8 Å². The summed E-state index contributed by atoms with van der Waals surface area (Å²) in [6.45, 7) is 0. The Morgan fingerprint density at radius 1 is 1.00 bits per heavy atom. The molecular formula is C12H11B3O. The van der Waals surface area contributed by atoms with Crippen LogP contribution in [0.1, 0.15) is 0 Å². The van der Waals surface area contributed by atoms with E-state index in [-0.39, 0.29) is 0 Å². The van der Waals surface area contributed by atoms with Crippen LogP contribution in [0.2, 0.25) is 6.32 Å². The highest BCUT2D eigenvalue weighted by atomic mass is 16.1. The minimum atomic E-state index is 0.427. The summed E-state index contributed by atoms with van der Waals surface area (Å²) < 4.78 is 0. The second kappa shape index (κ2) is 7.80. The van der Waals surface area contributed by atoms with Gasteiger partial charge in [-0.25, -0.2) is 0 Å². The maximum absolute atomic E-state index is 9.46. The lowest BCUT2D eigenvalue weighted by Gasteiger charge is -1.92. The van der Waals surface area contributed by atoms with Crippen LogP contribution < -0.4 is 0 Å². The zero-order valence-corrected chi connectivity index (χ0v) is 9.04. The third-order valence-corrected chi connectivity index (χ3v) is 2.03. The molecule has 2 aromatic carbocycles. The third-order valence-electron chi connectivity index (χ3n) is 2.03. The molecule has 0 spiro atoms. The summed E-state index contributed by atoms with van der Waals surface area (Å²) >= 11 is 0. The summed E-state index contributed by atoms with van der Waals surface area (Å²) in [4.78, 5) is 9.46. The van der Waals surface area contributed by atoms with Gasteiger partial charge >= 0.3 is 0 Å². The zero-order valence-electron chi connectivity index (χ0n) is 9.04. The van der Waals surface area contributed by atoms with Crippen LogP contribution in [-0.2, 0) is 4.79 Å². The monoisotopic (exact) mass is 204 g/mol. The van der Waals surface area contributed by atoms with Gasteiger partial charge in [-0.15, -0.1) is 0 Å². The van der Waals surface area contributed by atoms with Gasteiger partial charge in [0.2, 0.25) is 0 Å². The second-order valence-electron chi connectivity index (χ2n) is 3.18. The van der Waals surface area contributed by atoms with E-state index >= 15 is 0 Å². The van der Waals surface area contributed by atoms with Crippen molar-refractivity contribution in [3.05, 3.63) is 48.5 Å². The van der Waals surface area contributed by atoms with Crippen molar-refractivity contribution in [1.82, 2.24) is 0 Å². The van der Waals surface area contributed by atoms with Gasteiger partial charge in [0.15, 0.2) is 0 Å². The van der Waals surface area contributed by atoms with Crippen molar-refractivity contribution in [2.45, 2.75) is 6.32 Å². The molecular weight excluding hydrogens is 193 g/mol. The molecule has 74 valence electrons. The standard InChI is InChI=1S/C10H8.C2H3B3O/c1-2-6-10-8-4-3-7-9(10)5-1;3-5-4-1-2-6/h1-8H;2H,1H2. The molecule has 0 fully saturated rings. The van der Waals surface area contributed by atoms with E-state index in [1.807, 2.05) is 0 Å². The Balaban J connectivity index is 0.000000187. The number of aldehydes is 1. The van der Waals surface area contributed by atoms with Crippen LogP contribution >= 0.6 is 0 Å². The molecule has 16 heavy (non-hydrogen) atoms. The predicted octanol–water partition coefficient (Wildman–Crippen LogP) is 1.85. The molecule has 0 atom stereocenters. The van der Waals surface area contributed by atoms with Crippen molar-refractivity contribution in [3.8, 4) is 0 Å². The van der Waals surface area contributed by atoms with E-state index in [1.165, 1.54) is 17.8 Å². The van der Waals surface area contributed by atoms with Crippen LogP contribution in [0.4, 0.5) is 0 Å². The van der Waals surface area contributed by atoms with Crippen molar-refractivity contribution >= 4 is 39.0 Å². The van der Waals surface area contributed by atoms with E-state index in [0.717, 1.165) is 6.29 Å². The van der Waals surface area contributed by atoms with Gasteiger partial charge < -0.3 is 4.79 Å². The van der Waals surface area contributed by atoms with Gasteiger partial charge in [-0.05, 0) is 17.1 Å². The van der Waals surface area contributed by atoms with Gasteiger partial charge in [-0.2, -0.15) is 0 Å². The number of hydrogen-bond acceptors (Lipinski definition) is 1. The van der Waals surface area contributed by atoms with Gasteiger partial charge in [-0.3, -0.25) is 0 Å². The van der Waals surface area contributed by atoms with E-state index in [2.05, 4.69) is 48.5 Å². The minimum Gasteiger partial charge on any atom is -0.304 e. The molecule has 0 aliphatic carbocycles. The quantitative estimate of drug-likeness (QED) is 0.423. The van der Waals surface area contributed by atoms with Crippen molar-refractivity contribution < 1.29 is 4.79 Å². The van der Waals surface area contributed by atoms with Gasteiger partial charge in [0.1, 0.15) is 6.29 Å². The number of carbonyl (C=O) groups is 1. The average molecular weight is 204 g/mol. The molecule has 0 saturated heterocycles. The molecule has 2 aromatic rings. The Morgan fingerprint density at radius 2 is 1.44 bits per heavy atom. The molecule has 0 aromatic heterocycles. The first-order valence-electron chi connectivity index (χ1n) is 5.12. The van der Waals surface area contributed by atoms with Crippen molar-refractivity contribution in [2.75, 3.05) is 0 Å². The molecule has 4 radical (unpaired) electrons. The first-order chi connectivity index (χ1) is 7.88. The van der Waals surface area contributed by atoms with Crippen LogP contribution in [0.5, 0.6) is 0 Å². The third kappa shape index (κ3) is 4.39. The topological polar surface area (TPSA) is 17.1 Å². The first-order valence-corrected chi connectivity index (χ1v) is 5.12. The molecule has 1 nitrogen and oxygen atoms in total. The van der Waals surface area contributed by atoms with E-state index < -0.39 is 0 Å². The Bertz CT molecular complexity index is 366. The molecule has 0 unspecified atom stereocenters. The lowest BCUT2D eigenvalue weighted by molar-refractivity contribution is -0.106. The van der Waals surface area contributed by atoms with Gasteiger partial charge in [0.25, 0.3) is 0 Å². The van der Waals surface area contributed by atoms with Crippen LogP contribution in [0.3, 0.4) is 0 Å². The molecule has 0 heterocycles. The number of benzene rings is 2. The van der Waals surface area contributed by atoms with Crippen LogP contribution in [-0.4, -0.2) is 28.3 Å². The molecule has 0 aliphatic heterocycles. The van der Waals surface area contributed by atoms with E-state index in [0.29, 0.717) is 6.32 Å². The summed E-state index contributed by atoms with van der Waals surface area (Å²) in [6.07, 6.45) is 1.22. The maximum Gasteiger partial charge on any atom is 0.111 e.